The average molecular weight is 121 g/mol. The maximum Gasteiger partial charge on any atom is 0.0877 e. The summed E-state index contributed by atoms with van der Waals surface area (Å²) in [5.41, 5.74) is 7.84. The lowest BCUT2D eigenvalue weighted by atomic mass is 10.4. The van der Waals surface area contributed by atoms with Crippen LogP contribution in [0.25, 0.3) is 10.4 Å². The van der Waals surface area contributed by atoms with Crippen LogP contribution in [0.4, 0.5) is 0 Å². The molecule has 3 nitrogen and oxygen atoms in total. The number of rotatable bonds is 1. The minimum atomic E-state index is 0.326. The largest absolute Gasteiger partial charge is 0.0998 e. The van der Waals surface area contributed by atoms with Crippen LogP contribution >= 0.6 is 0 Å². The molecule has 0 saturated heterocycles. The predicted molar refractivity (Wildman–Crippen MR) is 34.5 cm³/mol. The molecule has 0 aromatic heterocycles. The SMILES string of the molecule is [N-]=[N+]=NCC#CC1CC1. The Morgan fingerprint density at radius 2 is 2.44 bits per heavy atom. The average Bonchev–Trinajstić information content (AvgIpc) is 2.63. The normalized spacial score (nSPS) is 15.1. The molecule has 3 heteroatoms. The summed E-state index contributed by atoms with van der Waals surface area (Å²) in [5.74, 6) is 6.36. The molecule has 1 fully saturated rings. The molecule has 0 N–H and O–H groups in total. The Labute approximate surface area is 53.7 Å². The van der Waals surface area contributed by atoms with Crippen molar-refractivity contribution in [3.63, 3.8) is 0 Å². The molecule has 0 heterocycles. The van der Waals surface area contributed by atoms with E-state index in [2.05, 4.69) is 21.9 Å². The second kappa shape index (κ2) is 3.01. The lowest BCUT2D eigenvalue weighted by Crippen LogP contribution is -1.68. The van der Waals surface area contributed by atoms with Gasteiger partial charge in [-0.2, -0.15) is 0 Å². The molecular formula is C6H7N3. The van der Waals surface area contributed by atoms with Crippen LogP contribution in [0.3, 0.4) is 0 Å². The molecule has 0 amide bonds. The summed E-state index contributed by atoms with van der Waals surface area (Å²) in [6.45, 7) is 0.326. The molecule has 0 aliphatic heterocycles. The molecule has 0 aromatic carbocycles. The molecule has 0 unspecified atom stereocenters. The van der Waals surface area contributed by atoms with Gasteiger partial charge in [-0.25, -0.2) is 0 Å². The highest BCUT2D eigenvalue weighted by Crippen LogP contribution is 2.27. The number of hydrogen-bond donors (Lipinski definition) is 0. The van der Waals surface area contributed by atoms with Gasteiger partial charge >= 0.3 is 0 Å². The fraction of sp³-hybridized carbons (Fsp3) is 0.667. The zero-order chi connectivity index (χ0) is 6.53. The summed E-state index contributed by atoms with van der Waals surface area (Å²) in [4.78, 5) is 2.58. The molecule has 1 saturated carbocycles. The Morgan fingerprint density at radius 1 is 1.67 bits per heavy atom. The van der Waals surface area contributed by atoms with Crippen molar-refractivity contribution in [1.82, 2.24) is 0 Å². The third-order valence-electron chi connectivity index (χ3n) is 1.10. The van der Waals surface area contributed by atoms with Gasteiger partial charge in [0, 0.05) is 10.8 Å². The Morgan fingerprint density at radius 3 is 3.00 bits per heavy atom. The molecule has 0 aromatic rings. The second-order valence-electron chi connectivity index (χ2n) is 1.98. The van der Waals surface area contributed by atoms with Crippen molar-refractivity contribution in [1.29, 1.82) is 0 Å². The third kappa shape index (κ3) is 2.63. The van der Waals surface area contributed by atoms with E-state index >= 15 is 0 Å². The molecule has 46 valence electrons. The van der Waals surface area contributed by atoms with E-state index in [0.717, 1.165) is 0 Å². The lowest BCUT2D eigenvalue weighted by molar-refractivity contribution is 1.16. The summed E-state index contributed by atoms with van der Waals surface area (Å²) in [6.07, 6.45) is 2.45. The minimum absolute atomic E-state index is 0.326. The number of nitrogens with zero attached hydrogens (tertiary/aromatic N) is 3. The van der Waals surface area contributed by atoms with Gasteiger partial charge in [0.05, 0.1) is 6.54 Å². The number of azide groups is 1. The highest BCUT2D eigenvalue weighted by atomic mass is 15.1. The van der Waals surface area contributed by atoms with Gasteiger partial charge in [0.2, 0.25) is 0 Å². The minimum Gasteiger partial charge on any atom is -0.0998 e. The first kappa shape index (κ1) is 6.00. The molecule has 1 rings (SSSR count). The smallest absolute Gasteiger partial charge is 0.0877 e. The third-order valence-corrected chi connectivity index (χ3v) is 1.10. The van der Waals surface area contributed by atoms with Gasteiger partial charge in [-0.15, -0.1) is 0 Å². The van der Waals surface area contributed by atoms with E-state index in [1.54, 1.807) is 0 Å². The van der Waals surface area contributed by atoms with Crippen LogP contribution in [0.15, 0.2) is 5.11 Å². The van der Waals surface area contributed by atoms with Gasteiger partial charge in [0.15, 0.2) is 0 Å². The molecular weight excluding hydrogens is 114 g/mol. The van der Waals surface area contributed by atoms with E-state index in [1.165, 1.54) is 12.8 Å². The zero-order valence-electron chi connectivity index (χ0n) is 5.04. The van der Waals surface area contributed by atoms with Gasteiger partial charge < -0.3 is 0 Å². The quantitative estimate of drug-likeness (QED) is 0.219. The van der Waals surface area contributed by atoms with E-state index in [-0.39, 0.29) is 0 Å². The van der Waals surface area contributed by atoms with Crippen LogP contribution < -0.4 is 0 Å². The fourth-order valence-corrected chi connectivity index (χ4v) is 0.485. The van der Waals surface area contributed by atoms with Crippen molar-refractivity contribution in [2.24, 2.45) is 11.0 Å². The van der Waals surface area contributed by atoms with Crippen molar-refractivity contribution in [3.05, 3.63) is 10.4 Å². The maximum absolute atomic E-state index is 7.84. The van der Waals surface area contributed by atoms with E-state index in [1.807, 2.05) is 0 Å². The molecule has 0 atom stereocenters. The van der Waals surface area contributed by atoms with E-state index in [9.17, 15) is 0 Å². The Balaban J connectivity index is 2.16. The van der Waals surface area contributed by atoms with Gasteiger partial charge in [-0.1, -0.05) is 17.0 Å². The van der Waals surface area contributed by atoms with Crippen LogP contribution in [-0.4, -0.2) is 6.54 Å². The fourth-order valence-electron chi connectivity index (χ4n) is 0.485. The zero-order valence-corrected chi connectivity index (χ0v) is 5.04. The van der Waals surface area contributed by atoms with Gasteiger partial charge in [0.1, 0.15) is 0 Å². The van der Waals surface area contributed by atoms with E-state index < -0.39 is 0 Å². The molecule has 1 aliphatic carbocycles. The van der Waals surface area contributed by atoms with Crippen molar-refractivity contribution >= 4 is 0 Å². The van der Waals surface area contributed by atoms with Crippen LogP contribution in [0.2, 0.25) is 0 Å². The van der Waals surface area contributed by atoms with Crippen molar-refractivity contribution in [2.45, 2.75) is 12.8 Å². The van der Waals surface area contributed by atoms with Gasteiger partial charge in [-0.05, 0) is 18.4 Å². The summed E-state index contributed by atoms with van der Waals surface area (Å²) >= 11 is 0. The van der Waals surface area contributed by atoms with Crippen LogP contribution in [0.5, 0.6) is 0 Å². The Kier molecular flexibility index (Phi) is 2.00. The molecule has 0 radical (unpaired) electrons. The van der Waals surface area contributed by atoms with E-state index in [0.29, 0.717) is 12.5 Å². The first-order chi connectivity index (χ1) is 4.43. The lowest BCUT2D eigenvalue weighted by Gasteiger charge is -1.70. The standard InChI is InChI=1S/C6H7N3/c7-9-8-5-1-2-6-3-4-6/h6H,3-5H2. The highest BCUT2D eigenvalue weighted by Gasteiger charge is 2.17. The maximum atomic E-state index is 7.84. The van der Waals surface area contributed by atoms with E-state index in [4.69, 9.17) is 5.53 Å². The van der Waals surface area contributed by atoms with Crippen LogP contribution in [0, 0.1) is 17.8 Å². The first-order valence-corrected chi connectivity index (χ1v) is 2.92. The van der Waals surface area contributed by atoms with Gasteiger partial charge in [-0.3, -0.25) is 0 Å². The molecule has 0 spiro atoms. The monoisotopic (exact) mass is 121 g/mol. The number of hydrogen-bond acceptors (Lipinski definition) is 1. The first-order valence-electron chi connectivity index (χ1n) is 2.92. The Hall–Kier alpha value is -1.13. The second-order valence-corrected chi connectivity index (χ2v) is 1.98. The van der Waals surface area contributed by atoms with Crippen molar-refractivity contribution in [3.8, 4) is 11.8 Å². The van der Waals surface area contributed by atoms with Crippen LogP contribution in [-0.2, 0) is 0 Å². The molecule has 9 heavy (non-hydrogen) atoms. The summed E-state index contributed by atoms with van der Waals surface area (Å²) in [6, 6.07) is 0. The topological polar surface area (TPSA) is 48.8 Å². The summed E-state index contributed by atoms with van der Waals surface area (Å²) in [7, 11) is 0. The van der Waals surface area contributed by atoms with Crippen LogP contribution in [0.1, 0.15) is 12.8 Å². The Bertz CT molecular complexity index is 188. The molecule has 1 aliphatic rings. The summed E-state index contributed by atoms with van der Waals surface area (Å²) in [5, 5.41) is 3.28. The predicted octanol–water partition coefficient (Wildman–Crippen LogP) is 1.71. The van der Waals surface area contributed by atoms with Crippen molar-refractivity contribution < 1.29 is 0 Å². The van der Waals surface area contributed by atoms with Gasteiger partial charge in [0.25, 0.3) is 0 Å². The van der Waals surface area contributed by atoms with Crippen molar-refractivity contribution in [2.75, 3.05) is 6.54 Å². The summed E-state index contributed by atoms with van der Waals surface area (Å²) < 4.78 is 0. The molecule has 0 bridgehead atoms. The highest BCUT2D eigenvalue weighted by molar-refractivity contribution is 5.10.